The second-order valence-electron chi connectivity index (χ2n) is 8.10. The van der Waals surface area contributed by atoms with Crippen LogP contribution in [0, 0.1) is 0 Å². The maximum atomic E-state index is 12.2. The van der Waals surface area contributed by atoms with Gasteiger partial charge in [0.2, 0.25) is 5.91 Å². The number of anilines is 1. The van der Waals surface area contributed by atoms with Crippen molar-refractivity contribution in [2.24, 2.45) is 5.73 Å². The van der Waals surface area contributed by atoms with Gasteiger partial charge in [0.1, 0.15) is 17.5 Å². The molecule has 0 fully saturated rings. The number of hydrogen-bond donors (Lipinski definition) is 2. The molecule has 0 saturated heterocycles. The Bertz CT molecular complexity index is 975. The molecule has 0 heterocycles. The fourth-order valence-corrected chi connectivity index (χ4v) is 3.71. The van der Waals surface area contributed by atoms with Crippen LogP contribution in [0.4, 0.5) is 5.69 Å². The molecular weight excluding hydrogens is 400 g/mol. The number of likely N-dealkylation sites (N-methyl/N-ethyl adjacent to an activating group) is 1. The van der Waals surface area contributed by atoms with Gasteiger partial charge in [0.05, 0.1) is 0 Å². The molecule has 0 radical (unpaired) electrons. The van der Waals surface area contributed by atoms with Gasteiger partial charge >= 0.3 is 0 Å². The monoisotopic (exact) mass is 432 g/mol. The quantitative estimate of drug-likeness (QED) is 0.447. The number of amides is 1. The molecule has 0 aliphatic rings. The Morgan fingerprint density at radius 2 is 1.50 bits per heavy atom. The van der Waals surface area contributed by atoms with Crippen molar-refractivity contribution in [2.45, 2.75) is 19.0 Å². The summed E-state index contributed by atoms with van der Waals surface area (Å²) in [6.07, 6.45) is 0.918. The fourth-order valence-electron chi connectivity index (χ4n) is 3.71. The Morgan fingerprint density at radius 1 is 0.875 bits per heavy atom. The zero-order valence-corrected chi connectivity index (χ0v) is 18.8. The molecule has 0 aliphatic carbocycles. The summed E-state index contributed by atoms with van der Waals surface area (Å²) in [4.78, 5) is 16.5. The van der Waals surface area contributed by atoms with Crippen LogP contribution in [-0.4, -0.2) is 42.9 Å². The smallest absolute Gasteiger partial charge is 0.239 e. The number of nitrogens with zero attached hydrogens (tertiary/aromatic N) is 2. The number of benzene rings is 3. The Labute approximate surface area is 190 Å². The van der Waals surface area contributed by atoms with Crippen LogP contribution in [0.2, 0.25) is 0 Å². The van der Waals surface area contributed by atoms with Crippen molar-refractivity contribution in [2.75, 3.05) is 32.9 Å². The first kappa shape index (κ1) is 23.3. The maximum absolute atomic E-state index is 12.2. The van der Waals surface area contributed by atoms with Crippen LogP contribution in [0.3, 0.4) is 0 Å². The largest absolute Gasteiger partial charge is 0.457 e. The average molecular weight is 433 g/mol. The summed E-state index contributed by atoms with van der Waals surface area (Å²) in [7, 11) is 4.02. The summed E-state index contributed by atoms with van der Waals surface area (Å²) in [5.41, 5.74) is 14.4. The SMILES string of the molecule is CN(CCCN(C)C(C(N)=O)c1ccc(Oc2ccccc2)cc1)Cc1ccc(N)cc1. The van der Waals surface area contributed by atoms with Crippen molar-refractivity contribution < 1.29 is 9.53 Å². The Kier molecular flexibility index (Phi) is 8.25. The third-order valence-electron chi connectivity index (χ3n) is 5.37. The van der Waals surface area contributed by atoms with E-state index in [0.717, 1.165) is 48.8 Å². The van der Waals surface area contributed by atoms with Crippen molar-refractivity contribution in [3.8, 4) is 11.5 Å². The highest BCUT2D eigenvalue weighted by Gasteiger charge is 2.22. The minimum absolute atomic E-state index is 0.362. The topological polar surface area (TPSA) is 84.8 Å². The van der Waals surface area contributed by atoms with Gasteiger partial charge in [-0.05, 0) is 74.6 Å². The molecule has 1 unspecified atom stereocenters. The normalized spacial score (nSPS) is 12.1. The van der Waals surface area contributed by atoms with Gasteiger partial charge < -0.3 is 21.1 Å². The van der Waals surface area contributed by atoms with Crippen molar-refractivity contribution in [3.63, 3.8) is 0 Å². The van der Waals surface area contributed by atoms with Gasteiger partial charge in [0, 0.05) is 18.8 Å². The lowest BCUT2D eigenvalue weighted by molar-refractivity contribution is -0.123. The first-order chi connectivity index (χ1) is 15.4. The van der Waals surface area contributed by atoms with E-state index in [4.69, 9.17) is 16.2 Å². The lowest BCUT2D eigenvalue weighted by atomic mass is 10.0. The van der Waals surface area contributed by atoms with Crippen molar-refractivity contribution >= 4 is 11.6 Å². The van der Waals surface area contributed by atoms with Gasteiger partial charge in [-0.1, -0.05) is 42.5 Å². The highest BCUT2D eigenvalue weighted by molar-refractivity contribution is 5.81. The van der Waals surface area contributed by atoms with Crippen molar-refractivity contribution in [3.05, 3.63) is 90.0 Å². The van der Waals surface area contributed by atoms with Gasteiger partial charge in [-0.2, -0.15) is 0 Å². The highest BCUT2D eigenvalue weighted by Crippen LogP contribution is 2.25. The van der Waals surface area contributed by atoms with E-state index in [1.807, 2.05) is 90.8 Å². The predicted octanol–water partition coefficient (Wildman–Crippen LogP) is 4.04. The minimum Gasteiger partial charge on any atom is -0.457 e. The number of carbonyl (C=O) groups excluding carboxylic acids is 1. The van der Waals surface area contributed by atoms with Crippen LogP contribution in [0.25, 0.3) is 0 Å². The zero-order chi connectivity index (χ0) is 22.9. The molecule has 1 amide bonds. The summed E-state index contributed by atoms with van der Waals surface area (Å²) in [6.45, 7) is 2.51. The van der Waals surface area contributed by atoms with Crippen LogP contribution in [0.5, 0.6) is 11.5 Å². The molecule has 0 aromatic heterocycles. The predicted molar refractivity (Wildman–Crippen MR) is 129 cm³/mol. The highest BCUT2D eigenvalue weighted by atomic mass is 16.5. The summed E-state index contributed by atoms with van der Waals surface area (Å²) in [6, 6.07) is 24.6. The second-order valence-corrected chi connectivity index (χ2v) is 8.10. The van der Waals surface area contributed by atoms with Crippen LogP contribution in [0.15, 0.2) is 78.9 Å². The Balaban J connectivity index is 1.53. The molecule has 3 aromatic carbocycles. The van der Waals surface area contributed by atoms with Crippen LogP contribution in [0.1, 0.15) is 23.6 Å². The number of primary amides is 1. The number of carbonyl (C=O) groups is 1. The van der Waals surface area contributed by atoms with E-state index in [9.17, 15) is 4.79 Å². The molecule has 0 saturated carbocycles. The van der Waals surface area contributed by atoms with E-state index in [1.54, 1.807) is 0 Å². The summed E-state index contributed by atoms with van der Waals surface area (Å²) in [5.74, 6) is 1.13. The van der Waals surface area contributed by atoms with Gasteiger partial charge in [-0.15, -0.1) is 0 Å². The summed E-state index contributed by atoms with van der Waals surface area (Å²) < 4.78 is 5.84. The Hall–Kier alpha value is -3.35. The lowest BCUT2D eigenvalue weighted by Crippen LogP contribution is -2.36. The molecule has 0 spiro atoms. The van der Waals surface area contributed by atoms with Crippen molar-refractivity contribution in [1.29, 1.82) is 0 Å². The van der Waals surface area contributed by atoms with E-state index >= 15 is 0 Å². The van der Waals surface area contributed by atoms with Crippen LogP contribution >= 0.6 is 0 Å². The van der Waals surface area contributed by atoms with E-state index < -0.39 is 6.04 Å². The second kappa shape index (κ2) is 11.3. The van der Waals surface area contributed by atoms with E-state index in [1.165, 1.54) is 5.56 Å². The minimum atomic E-state index is -0.483. The molecule has 0 bridgehead atoms. The van der Waals surface area contributed by atoms with Gasteiger partial charge in [-0.25, -0.2) is 0 Å². The fraction of sp³-hybridized carbons (Fsp3) is 0.269. The van der Waals surface area contributed by atoms with E-state index in [-0.39, 0.29) is 5.91 Å². The molecule has 168 valence electrons. The van der Waals surface area contributed by atoms with Crippen LogP contribution in [-0.2, 0) is 11.3 Å². The zero-order valence-electron chi connectivity index (χ0n) is 18.8. The van der Waals surface area contributed by atoms with E-state index in [2.05, 4.69) is 11.9 Å². The van der Waals surface area contributed by atoms with Crippen molar-refractivity contribution in [1.82, 2.24) is 9.80 Å². The Morgan fingerprint density at radius 3 is 2.12 bits per heavy atom. The third-order valence-corrected chi connectivity index (χ3v) is 5.37. The standard InChI is InChI=1S/C26H32N4O2/c1-29(19-20-9-13-22(27)14-10-20)17-6-18-30(2)25(26(28)31)21-11-15-24(16-12-21)32-23-7-4-3-5-8-23/h3-5,7-16,25H,6,17-19,27H2,1-2H3,(H2,28,31). The number of hydrogen-bond acceptors (Lipinski definition) is 5. The summed E-state index contributed by atoms with van der Waals surface area (Å²) >= 11 is 0. The van der Waals surface area contributed by atoms with Gasteiger partial charge in [0.25, 0.3) is 0 Å². The average Bonchev–Trinajstić information content (AvgIpc) is 2.77. The van der Waals surface area contributed by atoms with E-state index in [0.29, 0.717) is 0 Å². The number of nitrogen functional groups attached to an aromatic ring is 1. The molecule has 0 aliphatic heterocycles. The van der Waals surface area contributed by atoms with Crippen LogP contribution < -0.4 is 16.2 Å². The maximum Gasteiger partial charge on any atom is 0.239 e. The molecule has 4 N–H and O–H groups in total. The third kappa shape index (κ3) is 6.83. The molecule has 3 rings (SSSR count). The molecular formula is C26H32N4O2. The summed E-state index contributed by atoms with van der Waals surface area (Å²) in [5, 5.41) is 0. The first-order valence-corrected chi connectivity index (χ1v) is 10.8. The number of nitrogens with two attached hydrogens (primary N) is 2. The molecule has 6 nitrogen and oxygen atoms in total. The number of rotatable bonds is 11. The molecule has 6 heteroatoms. The molecule has 32 heavy (non-hydrogen) atoms. The van der Waals surface area contributed by atoms with Gasteiger partial charge in [0.15, 0.2) is 0 Å². The molecule has 1 atom stereocenters. The lowest BCUT2D eigenvalue weighted by Gasteiger charge is -2.27. The van der Waals surface area contributed by atoms with Gasteiger partial charge in [-0.3, -0.25) is 9.69 Å². The molecule has 3 aromatic rings. The number of ether oxygens (including phenoxy) is 1. The number of para-hydroxylation sites is 1. The first-order valence-electron chi connectivity index (χ1n) is 10.8.